The van der Waals surface area contributed by atoms with Crippen LogP contribution in [0.2, 0.25) is 0 Å². The largest absolute Gasteiger partial charge is 0.297 e. The van der Waals surface area contributed by atoms with Gasteiger partial charge in [-0.3, -0.25) is 4.90 Å². The average molecular weight is 197 g/mol. The van der Waals surface area contributed by atoms with Crippen LogP contribution in [0.25, 0.3) is 0 Å². The van der Waals surface area contributed by atoms with Crippen LogP contribution in [0.1, 0.15) is 5.56 Å². The molecule has 1 nitrogen and oxygen atoms in total. The van der Waals surface area contributed by atoms with E-state index in [0.29, 0.717) is 13.1 Å². The topological polar surface area (TPSA) is 3.24 Å². The molecule has 0 bridgehead atoms. The molecular weight excluding hydrogens is 184 g/mol. The fraction of sp³-hybridized carbons (Fsp3) is 0.455. The number of likely N-dealkylation sites (tertiary alicyclic amines) is 1. The first-order valence-electron chi connectivity index (χ1n) is 4.85. The van der Waals surface area contributed by atoms with E-state index in [0.717, 1.165) is 18.5 Å². The highest BCUT2D eigenvalue weighted by Gasteiger charge is 2.24. The SMILES string of the molecule is Fc1ccc(CCN2CC(F)C2)cc1. The Morgan fingerprint density at radius 3 is 2.43 bits per heavy atom. The van der Waals surface area contributed by atoms with E-state index in [1.807, 2.05) is 0 Å². The van der Waals surface area contributed by atoms with Gasteiger partial charge in [0.2, 0.25) is 0 Å². The molecule has 1 fully saturated rings. The highest BCUT2D eigenvalue weighted by atomic mass is 19.1. The molecule has 1 aromatic carbocycles. The summed E-state index contributed by atoms with van der Waals surface area (Å²) in [5.41, 5.74) is 1.11. The number of nitrogens with zero attached hydrogens (tertiary/aromatic N) is 1. The van der Waals surface area contributed by atoms with Crippen molar-refractivity contribution in [2.24, 2.45) is 0 Å². The van der Waals surface area contributed by atoms with Crippen LogP contribution in [0.15, 0.2) is 24.3 Å². The molecule has 0 aromatic heterocycles. The molecular formula is C11H13F2N. The predicted octanol–water partition coefficient (Wildman–Crippen LogP) is 2.02. The molecule has 3 heteroatoms. The van der Waals surface area contributed by atoms with Crippen LogP contribution in [0.3, 0.4) is 0 Å². The minimum atomic E-state index is -0.636. The Balaban J connectivity index is 1.78. The van der Waals surface area contributed by atoms with Crippen molar-refractivity contribution in [3.63, 3.8) is 0 Å². The number of hydrogen-bond donors (Lipinski definition) is 0. The number of rotatable bonds is 3. The maximum absolute atomic E-state index is 12.6. The van der Waals surface area contributed by atoms with E-state index in [-0.39, 0.29) is 5.82 Å². The quantitative estimate of drug-likeness (QED) is 0.716. The Bertz CT molecular complexity index is 291. The number of alkyl halides is 1. The zero-order chi connectivity index (χ0) is 9.97. The second-order valence-corrected chi connectivity index (χ2v) is 3.73. The molecule has 0 atom stereocenters. The van der Waals surface area contributed by atoms with E-state index in [9.17, 15) is 8.78 Å². The highest BCUT2D eigenvalue weighted by Crippen LogP contribution is 2.12. The molecule has 0 saturated carbocycles. The normalized spacial score (nSPS) is 18.1. The fourth-order valence-corrected chi connectivity index (χ4v) is 1.63. The van der Waals surface area contributed by atoms with Gasteiger partial charge in [0.25, 0.3) is 0 Å². The van der Waals surface area contributed by atoms with E-state index in [4.69, 9.17) is 0 Å². The Labute approximate surface area is 82.3 Å². The van der Waals surface area contributed by atoms with Crippen LogP contribution < -0.4 is 0 Å². The molecule has 0 aliphatic carbocycles. The van der Waals surface area contributed by atoms with Gasteiger partial charge in [-0.1, -0.05) is 12.1 Å². The second-order valence-electron chi connectivity index (χ2n) is 3.73. The third-order valence-corrected chi connectivity index (χ3v) is 2.54. The Kier molecular flexibility index (Phi) is 2.77. The molecule has 0 spiro atoms. The molecule has 1 aromatic rings. The molecule has 0 unspecified atom stereocenters. The van der Waals surface area contributed by atoms with Gasteiger partial charge in [0.1, 0.15) is 12.0 Å². The van der Waals surface area contributed by atoms with Crippen LogP contribution in [-0.4, -0.2) is 30.7 Å². The molecule has 0 radical (unpaired) electrons. The van der Waals surface area contributed by atoms with Gasteiger partial charge in [-0.25, -0.2) is 8.78 Å². The minimum Gasteiger partial charge on any atom is -0.297 e. The van der Waals surface area contributed by atoms with E-state index >= 15 is 0 Å². The summed E-state index contributed by atoms with van der Waals surface area (Å²) in [6.07, 6.45) is 0.232. The third kappa shape index (κ3) is 2.29. The molecule has 1 saturated heterocycles. The molecule has 14 heavy (non-hydrogen) atoms. The lowest BCUT2D eigenvalue weighted by Crippen LogP contribution is -2.48. The van der Waals surface area contributed by atoms with Crippen molar-refractivity contribution in [3.05, 3.63) is 35.6 Å². The fourth-order valence-electron chi connectivity index (χ4n) is 1.63. The maximum Gasteiger partial charge on any atom is 0.125 e. The Morgan fingerprint density at radius 2 is 1.86 bits per heavy atom. The summed E-state index contributed by atoms with van der Waals surface area (Å²) < 4.78 is 25.0. The first-order valence-corrected chi connectivity index (χ1v) is 4.85. The summed E-state index contributed by atoms with van der Waals surface area (Å²) in [6, 6.07) is 6.48. The molecule has 1 aliphatic heterocycles. The zero-order valence-corrected chi connectivity index (χ0v) is 7.92. The van der Waals surface area contributed by atoms with E-state index < -0.39 is 6.17 Å². The Hall–Kier alpha value is -0.960. The summed E-state index contributed by atoms with van der Waals surface area (Å²) in [6.45, 7) is 1.98. The molecule has 0 amide bonds. The van der Waals surface area contributed by atoms with Gasteiger partial charge in [-0.2, -0.15) is 0 Å². The van der Waals surface area contributed by atoms with Crippen molar-refractivity contribution in [1.82, 2.24) is 4.90 Å². The van der Waals surface area contributed by atoms with E-state index in [1.165, 1.54) is 12.1 Å². The van der Waals surface area contributed by atoms with Gasteiger partial charge in [-0.15, -0.1) is 0 Å². The van der Waals surface area contributed by atoms with Gasteiger partial charge in [-0.05, 0) is 24.1 Å². The number of benzene rings is 1. The van der Waals surface area contributed by atoms with Crippen LogP contribution in [0.4, 0.5) is 8.78 Å². The number of halogens is 2. The summed E-state index contributed by atoms with van der Waals surface area (Å²) >= 11 is 0. The van der Waals surface area contributed by atoms with Crippen LogP contribution in [-0.2, 0) is 6.42 Å². The summed E-state index contributed by atoms with van der Waals surface area (Å²) in [5.74, 6) is -0.207. The standard InChI is InChI=1S/C11H13F2N/c12-10-3-1-9(2-4-10)5-6-14-7-11(13)8-14/h1-4,11H,5-8H2. The third-order valence-electron chi connectivity index (χ3n) is 2.54. The smallest absolute Gasteiger partial charge is 0.125 e. The van der Waals surface area contributed by atoms with Gasteiger partial charge in [0, 0.05) is 19.6 Å². The van der Waals surface area contributed by atoms with Crippen molar-refractivity contribution in [3.8, 4) is 0 Å². The van der Waals surface area contributed by atoms with Gasteiger partial charge < -0.3 is 0 Å². The minimum absolute atomic E-state index is 0.207. The lowest BCUT2D eigenvalue weighted by Gasteiger charge is -2.34. The first kappa shape index (κ1) is 9.59. The van der Waals surface area contributed by atoms with Crippen molar-refractivity contribution in [1.29, 1.82) is 0 Å². The maximum atomic E-state index is 12.6. The molecule has 0 N–H and O–H groups in total. The van der Waals surface area contributed by atoms with Crippen molar-refractivity contribution >= 4 is 0 Å². The summed E-state index contributed by atoms with van der Waals surface area (Å²) in [7, 11) is 0. The van der Waals surface area contributed by atoms with Crippen molar-refractivity contribution < 1.29 is 8.78 Å². The Morgan fingerprint density at radius 1 is 1.21 bits per heavy atom. The van der Waals surface area contributed by atoms with Crippen molar-refractivity contribution in [2.75, 3.05) is 19.6 Å². The van der Waals surface area contributed by atoms with E-state index in [1.54, 1.807) is 12.1 Å². The predicted molar refractivity (Wildman–Crippen MR) is 51.4 cm³/mol. The molecule has 76 valence electrons. The van der Waals surface area contributed by atoms with Crippen LogP contribution >= 0.6 is 0 Å². The van der Waals surface area contributed by atoms with Gasteiger partial charge >= 0.3 is 0 Å². The monoisotopic (exact) mass is 197 g/mol. The van der Waals surface area contributed by atoms with Gasteiger partial charge in [0.05, 0.1) is 0 Å². The summed E-state index contributed by atoms with van der Waals surface area (Å²) in [4.78, 5) is 2.06. The zero-order valence-electron chi connectivity index (χ0n) is 7.92. The summed E-state index contributed by atoms with van der Waals surface area (Å²) in [5, 5.41) is 0. The van der Waals surface area contributed by atoms with Crippen LogP contribution in [0, 0.1) is 5.82 Å². The van der Waals surface area contributed by atoms with Gasteiger partial charge in [0.15, 0.2) is 0 Å². The highest BCUT2D eigenvalue weighted by molar-refractivity contribution is 5.16. The van der Waals surface area contributed by atoms with Crippen molar-refractivity contribution in [2.45, 2.75) is 12.6 Å². The second kappa shape index (κ2) is 4.05. The number of hydrogen-bond acceptors (Lipinski definition) is 1. The molecule has 2 rings (SSSR count). The lowest BCUT2D eigenvalue weighted by atomic mass is 10.1. The molecule has 1 aliphatic rings. The van der Waals surface area contributed by atoms with E-state index in [2.05, 4.69) is 4.90 Å². The first-order chi connectivity index (χ1) is 6.74. The van der Waals surface area contributed by atoms with Crippen LogP contribution in [0.5, 0.6) is 0 Å². The average Bonchev–Trinajstić information content (AvgIpc) is 2.13. The molecule has 1 heterocycles. The lowest BCUT2D eigenvalue weighted by molar-refractivity contribution is 0.0670.